The maximum absolute atomic E-state index is 13.6. The Balaban J connectivity index is 1.64. The zero-order valence-electron chi connectivity index (χ0n) is 15.5. The van der Waals surface area contributed by atoms with E-state index in [-0.39, 0.29) is 29.0 Å². The molecular formula is C19H21F3N4O2. The molecule has 4 rings (SSSR count). The molecule has 2 atom stereocenters. The number of carboxylic acid groups (broad SMARTS) is 1. The molecule has 150 valence electrons. The molecular weight excluding hydrogens is 373 g/mol. The fourth-order valence-corrected chi connectivity index (χ4v) is 4.66. The topological polar surface area (TPSA) is 61.0 Å². The Morgan fingerprint density at radius 2 is 2.11 bits per heavy atom. The average molecular weight is 394 g/mol. The van der Waals surface area contributed by atoms with Crippen LogP contribution in [0.4, 0.5) is 30.5 Å². The van der Waals surface area contributed by atoms with Crippen molar-refractivity contribution in [3.8, 4) is 0 Å². The lowest BCUT2D eigenvalue weighted by molar-refractivity contribution is -0.142. The molecule has 0 radical (unpaired) electrons. The van der Waals surface area contributed by atoms with Crippen molar-refractivity contribution in [2.45, 2.75) is 44.8 Å². The van der Waals surface area contributed by atoms with Crippen LogP contribution in [0.1, 0.15) is 38.2 Å². The van der Waals surface area contributed by atoms with Crippen molar-refractivity contribution in [3.63, 3.8) is 0 Å². The molecule has 9 heteroatoms. The van der Waals surface area contributed by atoms with Crippen molar-refractivity contribution >= 4 is 23.3 Å². The molecule has 1 unspecified atom stereocenters. The van der Waals surface area contributed by atoms with Gasteiger partial charge in [0.15, 0.2) is 0 Å². The fraction of sp³-hybridized carbons (Fsp3) is 0.632. The number of pyridine rings is 1. The van der Waals surface area contributed by atoms with Gasteiger partial charge in [-0.25, -0.2) is 9.83 Å². The molecule has 0 bridgehead atoms. The third kappa shape index (κ3) is 2.95. The van der Waals surface area contributed by atoms with E-state index in [1.807, 2.05) is 6.92 Å². The lowest BCUT2D eigenvalue weighted by Gasteiger charge is -2.50. The SMILES string of the molecule is [C-]#[N+]c1c(C(F)(F)F)cc(N2CC3(CCC(C(=O)O)C3)C2)nc1N1CC[C@@H]1C. The summed E-state index contributed by atoms with van der Waals surface area (Å²) in [6.45, 7) is 10.8. The van der Waals surface area contributed by atoms with Crippen LogP contribution in [0.5, 0.6) is 0 Å². The molecule has 28 heavy (non-hydrogen) atoms. The number of alkyl halides is 3. The number of halogens is 3. The smallest absolute Gasteiger partial charge is 0.407 e. The van der Waals surface area contributed by atoms with Crippen molar-refractivity contribution in [3.05, 3.63) is 23.0 Å². The van der Waals surface area contributed by atoms with E-state index < -0.39 is 23.4 Å². The van der Waals surface area contributed by atoms with Gasteiger partial charge in [-0.15, -0.1) is 0 Å². The summed E-state index contributed by atoms with van der Waals surface area (Å²) in [6, 6.07) is 1.02. The second-order valence-electron chi connectivity index (χ2n) is 8.27. The van der Waals surface area contributed by atoms with E-state index in [9.17, 15) is 23.1 Å². The summed E-state index contributed by atoms with van der Waals surface area (Å²) in [5.74, 6) is -0.848. The number of hydrogen-bond donors (Lipinski definition) is 1. The number of rotatable bonds is 3. The van der Waals surface area contributed by atoms with Gasteiger partial charge in [0, 0.05) is 31.1 Å². The molecule has 3 fully saturated rings. The Bertz CT molecular complexity index is 858. The molecule has 1 N–H and O–H groups in total. The highest BCUT2D eigenvalue weighted by Gasteiger charge is 2.50. The minimum absolute atomic E-state index is 0.0539. The molecule has 3 heterocycles. The third-order valence-electron chi connectivity index (χ3n) is 6.40. The van der Waals surface area contributed by atoms with E-state index >= 15 is 0 Å². The minimum Gasteiger partial charge on any atom is -0.481 e. The zero-order valence-corrected chi connectivity index (χ0v) is 15.5. The van der Waals surface area contributed by atoms with Gasteiger partial charge >= 0.3 is 12.1 Å². The fourth-order valence-electron chi connectivity index (χ4n) is 4.66. The van der Waals surface area contributed by atoms with Crippen LogP contribution in [0, 0.1) is 17.9 Å². The molecule has 1 aromatic rings. The maximum atomic E-state index is 13.6. The predicted octanol–water partition coefficient (Wildman–Crippen LogP) is 3.94. The van der Waals surface area contributed by atoms with Crippen LogP contribution in [0.15, 0.2) is 6.07 Å². The normalized spacial score (nSPS) is 26.0. The van der Waals surface area contributed by atoms with Crippen LogP contribution in [0.25, 0.3) is 4.85 Å². The van der Waals surface area contributed by atoms with Gasteiger partial charge in [0.25, 0.3) is 0 Å². The lowest BCUT2D eigenvalue weighted by atomic mass is 9.77. The van der Waals surface area contributed by atoms with Crippen molar-refractivity contribution in [1.29, 1.82) is 0 Å². The molecule has 0 aromatic carbocycles. The monoisotopic (exact) mass is 394 g/mol. The van der Waals surface area contributed by atoms with Gasteiger partial charge in [-0.2, -0.15) is 13.2 Å². The van der Waals surface area contributed by atoms with Gasteiger partial charge in [0.2, 0.25) is 5.69 Å². The summed E-state index contributed by atoms with van der Waals surface area (Å²) in [4.78, 5) is 22.3. The summed E-state index contributed by atoms with van der Waals surface area (Å²) >= 11 is 0. The number of anilines is 2. The lowest BCUT2D eigenvalue weighted by Crippen LogP contribution is -2.56. The van der Waals surface area contributed by atoms with Gasteiger partial charge in [-0.1, -0.05) is 0 Å². The highest BCUT2D eigenvalue weighted by molar-refractivity contribution is 5.76. The largest absolute Gasteiger partial charge is 0.481 e. The van der Waals surface area contributed by atoms with Gasteiger partial charge in [-0.3, -0.25) is 4.79 Å². The zero-order chi connectivity index (χ0) is 20.3. The number of nitrogens with zero attached hydrogens (tertiary/aromatic N) is 4. The first-order valence-electron chi connectivity index (χ1n) is 9.38. The second kappa shape index (κ2) is 6.26. The van der Waals surface area contributed by atoms with Crippen LogP contribution >= 0.6 is 0 Å². The predicted molar refractivity (Wildman–Crippen MR) is 96.5 cm³/mol. The van der Waals surface area contributed by atoms with Gasteiger partial charge in [-0.05, 0) is 38.7 Å². The summed E-state index contributed by atoms with van der Waals surface area (Å²) in [5.41, 5.74) is -1.53. The Hall–Kier alpha value is -2.50. The third-order valence-corrected chi connectivity index (χ3v) is 6.40. The van der Waals surface area contributed by atoms with E-state index in [4.69, 9.17) is 6.57 Å². The summed E-state index contributed by atoms with van der Waals surface area (Å²) in [7, 11) is 0. The standard InChI is InChI=1S/C19H21F3N4O2/c1-11-4-6-26(11)16-15(23-2)13(19(20,21)22)7-14(24-16)25-9-18(10-25)5-3-12(8-18)17(27)28/h7,11-12H,3-6,8-10H2,1H3,(H,27,28)/t11-,12?/m0/s1. The summed E-state index contributed by atoms with van der Waals surface area (Å²) in [5, 5.41) is 9.20. The van der Waals surface area contributed by atoms with Gasteiger partial charge in [0.05, 0.1) is 18.1 Å². The molecule has 0 amide bonds. The number of hydrogen-bond acceptors (Lipinski definition) is 4. The molecule has 2 aliphatic heterocycles. The molecule has 6 nitrogen and oxygen atoms in total. The second-order valence-corrected chi connectivity index (χ2v) is 8.27. The van der Waals surface area contributed by atoms with Crippen molar-refractivity contribution in [2.75, 3.05) is 29.4 Å². The number of aromatic nitrogens is 1. The maximum Gasteiger partial charge on any atom is 0.407 e. The van der Waals surface area contributed by atoms with E-state index in [1.54, 1.807) is 9.80 Å². The van der Waals surface area contributed by atoms with Crippen LogP contribution in [0.3, 0.4) is 0 Å². The van der Waals surface area contributed by atoms with Crippen molar-refractivity contribution in [2.24, 2.45) is 11.3 Å². The Labute approximate surface area is 160 Å². The molecule has 1 spiro atoms. The highest BCUT2D eigenvalue weighted by atomic mass is 19.4. The first-order valence-corrected chi connectivity index (χ1v) is 9.38. The van der Waals surface area contributed by atoms with Gasteiger partial charge in [0.1, 0.15) is 11.6 Å². The van der Waals surface area contributed by atoms with Crippen LogP contribution in [-0.2, 0) is 11.0 Å². The average Bonchev–Trinajstić information content (AvgIpc) is 3.03. The quantitative estimate of drug-likeness (QED) is 0.787. The van der Waals surface area contributed by atoms with E-state index in [0.717, 1.165) is 18.9 Å². The van der Waals surface area contributed by atoms with Crippen LogP contribution in [0.2, 0.25) is 0 Å². The minimum atomic E-state index is -4.63. The molecule has 1 aliphatic carbocycles. The molecule has 1 saturated carbocycles. The van der Waals surface area contributed by atoms with Crippen molar-refractivity contribution in [1.82, 2.24) is 4.98 Å². The van der Waals surface area contributed by atoms with Crippen LogP contribution < -0.4 is 9.80 Å². The Kier molecular flexibility index (Phi) is 4.21. The molecule has 2 saturated heterocycles. The summed E-state index contributed by atoms with van der Waals surface area (Å²) in [6.07, 6.45) is -1.85. The number of aliphatic carboxylic acids is 1. The first kappa shape index (κ1) is 18.8. The van der Waals surface area contributed by atoms with E-state index in [0.29, 0.717) is 32.5 Å². The molecule has 3 aliphatic rings. The highest BCUT2D eigenvalue weighted by Crippen LogP contribution is 2.51. The first-order chi connectivity index (χ1) is 13.1. The Morgan fingerprint density at radius 3 is 2.57 bits per heavy atom. The summed E-state index contributed by atoms with van der Waals surface area (Å²) < 4.78 is 40.9. The van der Waals surface area contributed by atoms with E-state index in [1.165, 1.54) is 0 Å². The van der Waals surface area contributed by atoms with E-state index in [2.05, 4.69) is 9.83 Å². The molecule has 1 aromatic heterocycles. The Morgan fingerprint density at radius 1 is 1.39 bits per heavy atom. The van der Waals surface area contributed by atoms with Crippen LogP contribution in [-0.4, -0.2) is 41.7 Å². The van der Waals surface area contributed by atoms with Gasteiger partial charge < -0.3 is 14.9 Å². The van der Waals surface area contributed by atoms with Crippen molar-refractivity contribution < 1.29 is 23.1 Å². The number of carbonyl (C=O) groups is 1. The number of carboxylic acids is 1.